The molecule has 0 saturated carbocycles. The second kappa shape index (κ2) is 5.83. The van der Waals surface area contributed by atoms with Crippen molar-refractivity contribution in [2.24, 2.45) is 0 Å². The van der Waals surface area contributed by atoms with Crippen molar-refractivity contribution < 1.29 is 24.5 Å². The Bertz CT molecular complexity index is 296. The van der Waals surface area contributed by atoms with Crippen LogP contribution in [0.2, 0.25) is 0 Å². The van der Waals surface area contributed by atoms with Crippen molar-refractivity contribution in [2.45, 2.75) is 31.5 Å². The third-order valence-electron chi connectivity index (χ3n) is 2.61. The third kappa shape index (κ3) is 3.57. The second-order valence-electron chi connectivity index (χ2n) is 4.20. The largest absolute Gasteiger partial charge is 0.480 e. The Labute approximate surface area is 99.4 Å². The Kier molecular flexibility index (Phi) is 4.71. The molecule has 1 fully saturated rings. The minimum Gasteiger partial charge on any atom is -0.480 e. The number of carbonyl (C=O) groups is 2. The average Bonchev–Trinajstić information content (AvgIpc) is 2.60. The Morgan fingerprint density at radius 1 is 1.59 bits per heavy atom. The van der Waals surface area contributed by atoms with Crippen LogP contribution in [0.25, 0.3) is 0 Å². The number of aliphatic hydroxyl groups excluding tert-OH is 1. The van der Waals surface area contributed by atoms with Gasteiger partial charge in [0.05, 0.1) is 18.8 Å². The lowest BCUT2D eigenvalue weighted by Gasteiger charge is -2.23. The first-order chi connectivity index (χ1) is 7.95. The molecule has 0 aliphatic carbocycles. The maximum atomic E-state index is 11.8. The van der Waals surface area contributed by atoms with E-state index in [0.29, 0.717) is 6.61 Å². The van der Waals surface area contributed by atoms with Gasteiger partial charge in [0.15, 0.2) is 0 Å². The molecule has 7 nitrogen and oxygen atoms in total. The van der Waals surface area contributed by atoms with Crippen LogP contribution in [0, 0.1) is 0 Å². The van der Waals surface area contributed by atoms with Crippen LogP contribution < -0.4 is 5.32 Å². The average molecular weight is 246 g/mol. The summed E-state index contributed by atoms with van der Waals surface area (Å²) in [7, 11) is 1.52. The number of hydrogen-bond donors (Lipinski definition) is 3. The molecule has 0 aromatic heterocycles. The van der Waals surface area contributed by atoms with E-state index in [-0.39, 0.29) is 19.0 Å². The number of likely N-dealkylation sites (tertiary alicyclic amines) is 1. The number of amides is 2. The fraction of sp³-hybridized carbons (Fsp3) is 0.800. The van der Waals surface area contributed by atoms with Gasteiger partial charge in [-0.1, -0.05) is 0 Å². The number of nitrogens with zero attached hydrogens (tertiary/aromatic N) is 1. The number of nitrogens with one attached hydrogen (secondary N) is 1. The van der Waals surface area contributed by atoms with Gasteiger partial charge in [-0.05, 0) is 6.92 Å². The summed E-state index contributed by atoms with van der Waals surface area (Å²) >= 11 is 0. The topological polar surface area (TPSA) is 99.1 Å². The predicted molar refractivity (Wildman–Crippen MR) is 58.6 cm³/mol. The number of β-amino-alcohol motifs (C(OH)–C–C–N with tert-alkyl or cyclic N) is 1. The molecule has 7 heteroatoms. The fourth-order valence-corrected chi connectivity index (χ4v) is 1.86. The SMILES string of the molecule is COCC(C)NC(=O)N1C[C@H](O)C[C@@H]1C(=O)O. The molecule has 1 saturated heterocycles. The Morgan fingerprint density at radius 2 is 2.24 bits per heavy atom. The van der Waals surface area contributed by atoms with Gasteiger partial charge in [-0.2, -0.15) is 0 Å². The molecule has 0 bridgehead atoms. The van der Waals surface area contributed by atoms with Gasteiger partial charge in [0.1, 0.15) is 6.04 Å². The quantitative estimate of drug-likeness (QED) is 0.606. The Balaban J connectivity index is 2.58. The highest BCUT2D eigenvalue weighted by Crippen LogP contribution is 2.18. The summed E-state index contributed by atoms with van der Waals surface area (Å²) in [5.41, 5.74) is 0. The lowest BCUT2D eigenvalue weighted by molar-refractivity contribution is -0.141. The minimum absolute atomic E-state index is 0.0441. The van der Waals surface area contributed by atoms with Gasteiger partial charge >= 0.3 is 12.0 Å². The zero-order valence-electron chi connectivity index (χ0n) is 9.92. The van der Waals surface area contributed by atoms with Crippen molar-refractivity contribution in [1.82, 2.24) is 10.2 Å². The van der Waals surface area contributed by atoms with Crippen molar-refractivity contribution in [2.75, 3.05) is 20.3 Å². The summed E-state index contributed by atoms with van der Waals surface area (Å²) in [5.74, 6) is -1.10. The highest BCUT2D eigenvalue weighted by atomic mass is 16.5. The monoisotopic (exact) mass is 246 g/mol. The molecule has 3 atom stereocenters. The van der Waals surface area contributed by atoms with E-state index in [1.54, 1.807) is 6.92 Å². The van der Waals surface area contributed by atoms with Gasteiger partial charge in [-0.3, -0.25) is 0 Å². The number of urea groups is 1. The lowest BCUT2D eigenvalue weighted by Crippen LogP contribution is -2.49. The Hall–Kier alpha value is -1.34. The number of aliphatic hydroxyl groups is 1. The van der Waals surface area contributed by atoms with Crippen LogP contribution in [-0.2, 0) is 9.53 Å². The van der Waals surface area contributed by atoms with E-state index in [1.165, 1.54) is 7.11 Å². The van der Waals surface area contributed by atoms with Gasteiger partial charge < -0.3 is 25.2 Å². The molecule has 98 valence electrons. The van der Waals surface area contributed by atoms with Crippen LogP contribution in [0.15, 0.2) is 0 Å². The maximum Gasteiger partial charge on any atom is 0.326 e. The van der Waals surface area contributed by atoms with Gasteiger partial charge in [0, 0.05) is 20.1 Å². The van der Waals surface area contributed by atoms with Crippen molar-refractivity contribution in [1.29, 1.82) is 0 Å². The van der Waals surface area contributed by atoms with Crippen molar-refractivity contribution in [3.8, 4) is 0 Å². The van der Waals surface area contributed by atoms with E-state index in [2.05, 4.69) is 5.32 Å². The first kappa shape index (κ1) is 13.7. The molecule has 1 rings (SSSR count). The van der Waals surface area contributed by atoms with Gasteiger partial charge in [-0.25, -0.2) is 9.59 Å². The van der Waals surface area contributed by atoms with Crippen molar-refractivity contribution in [3.63, 3.8) is 0 Å². The van der Waals surface area contributed by atoms with Gasteiger partial charge in [0.25, 0.3) is 0 Å². The van der Waals surface area contributed by atoms with Crippen LogP contribution in [-0.4, -0.2) is 65.6 Å². The normalized spacial score (nSPS) is 25.7. The molecular weight excluding hydrogens is 228 g/mol. The molecule has 2 amide bonds. The fourth-order valence-electron chi connectivity index (χ4n) is 1.86. The standard InChI is InChI=1S/C10H18N2O5/c1-6(5-17-2)11-10(16)12-4-7(13)3-8(12)9(14)15/h6-8,13H,3-5H2,1-2H3,(H,11,16)(H,14,15)/t6?,7-,8-/m1/s1. The van der Waals surface area contributed by atoms with E-state index in [1.807, 2.05) is 0 Å². The molecule has 1 heterocycles. The third-order valence-corrected chi connectivity index (χ3v) is 2.61. The lowest BCUT2D eigenvalue weighted by atomic mass is 10.2. The highest BCUT2D eigenvalue weighted by molar-refractivity contribution is 5.83. The minimum atomic E-state index is -1.10. The molecule has 1 aliphatic heterocycles. The molecule has 1 aliphatic rings. The number of carbonyl (C=O) groups excluding carboxylic acids is 1. The number of ether oxygens (including phenoxy) is 1. The molecule has 17 heavy (non-hydrogen) atoms. The number of carboxylic acids is 1. The zero-order chi connectivity index (χ0) is 13.0. The van der Waals surface area contributed by atoms with Crippen molar-refractivity contribution in [3.05, 3.63) is 0 Å². The molecule has 0 aromatic rings. The van der Waals surface area contributed by atoms with Crippen LogP contribution >= 0.6 is 0 Å². The van der Waals surface area contributed by atoms with E-state index in [4.69, 9.17) is 9.84 Å². The molecule has 3 N–H and O–H groups in total. The smallest absolute Gasteiger partial charge is 0.326 e. The van der Waals surface area contributed by atoms with Crippen molar-refractivity contribution >= 4 is 12.0 Å². The van der Waals surface area contributed by atoms with E-state index in [0.717, 1.165) is 4.90 Å². The number of rotatable bonds is 4. The first-order valence-corrected chi connectivity index (χ1v) is 5.42. The summed E-state index contributed by atoms with van der Waals surface area (Å²) in [4.78, 5) is 23.8. The summed E-state index contributed by atoms with van der Waals surface area (Å²) in [6.45, 7) is 2.14. The number of methoxy groups -OCH3 is 1. The van der Waals surface area contributed by atoms with Crippen LogP contribution in [0.5, 0.6) is 0 Å². The Morgan fingerprint density at radius 3 is 2.76 bits per heavy atom. The summed E-state index contributed by atoms with van der Waals surface area (Å²) < 4.78 is 4.86. The number of carboxylic acid groups (broad SMARTS) is 1. The molecule has 0 radical (unpaired) electrons. The molecular formula is C10H18N2O5. The van der Waals surface area contributed by atoms with E-state index < -0.39 is 24.1 Å². The van der Waals surface area contributed by atoms with Crippen LogP contribution in [0.3, 0.4) is 0 Å². The van der Waals surface area contributed by atoms with E-state index >= 15 is 0 Å². The molecule has 1 unspecified atom stereocenters. The van der Waals surface area contributed by atoms with Crippen LogP contribution in [0.4, 0.5) is 4.79 Å². The predicted octanol–water partition coefficient (Wildman–Crippen LogP) is -0.749. The summed E-state index contributed by atoms with van der Waals surface area (Å²) in [6.07, 6.45) is -0.707. The van der Waals surface area contributed by atoms with Gasteiger partial charge in [-0.15, -0.1) is 0 Å². The number of aliphatic carboxylic acids is 1. The van der Waals surface area contributed by atoms with Gasteiger partial charge in [0.2, 0.25) is 0 Å². The summed E-state index contributed by atoms with van der Waals surface area (Å²) in [6, 6.07) is -1.65. The molecule has 0 aromatic carbocycles. The van der Waals surface area contributed by atoms with Crippen LogP contribution in [0.1, 0.15) is 13.3 Å². The van der Waals surface area contributed by atoms with E-state index in [9.17, 15) is 14.7 Å². The number of hydrogen-bond acceptors (Lipinski definition) is 4. The highest BCUT2D eigenvalue weighted by Gasteiger charge is 2.39. The maximum absolute atomic E-state index is 11.8. The summed E-state index contributed by atoms with van der Waals surface area (Å²) in [5, 5.41) is 20.9. The zero-order valence-corrected chi connectivity index (χ0v) is 9.92. The second-order valence-corrected chi connectivity index (χ2v) is 4.20. The first-order valence-electron chi connectivity index (χ1n) is 5.42. The molecule has 0 spiro atoms.